The van der Waals surface area contributed by atoms with E-state index in [1.54, 1.807) is 6.07 Å². The molecule has 176 valence electrons. The van der Waals surface area contributed by atoms with Crippen molar-refractivity contribution < 1.29 is 19.2 Å². The van der Waals surface area contributed by atoms with Crippen LogP contribution < -0.4 is 14.9 Å². The Balaban J connectivity index is 1.42. The molecule has 0 saturated carbocycles. The van der Waals surface area contributed by atoms with E-state index in [-0.39, 0.29) is 17.0 Å². The third-order valence-corrected chi connectivity index (χ3v) is 5.86. The SMILES string of the molecule is COc1ccc([N+](=O)[O-])cc1C(=O)N/N=C\c1ccc(OCc2cccc3ccccc23)c(Br)c1. The van der Waals surface area contributed by atoms with Crippen LogP contribution in [0.3, 0.4) is 0 Å². The maximum atomic E-state index is 12.5. The van der Waals surface area contributed by atoms with Gasteiger partial charge in [0.05, 0.1) is 28.3 Å². The number of non-ortho nitro benzene ring substituents is 1. The highest BCUT2D eigenvalue weighted by atomic mass is 79.9. The zero-order valence-corrected chi connectivity index (χ0v) is 20.2. The molecule has 0 saturated heterocycles. The molecule has 0 heterocycles. The molecule has 0 radical (unpaired) electrons. The number of hydrogen-bond donors (Lipinski definition) is 1. The predicted octanol–water partition coefficient (Wildman–Crippen LogP) is 5.86. The molecule has 0 aliphatic carbocycles. The van der Waals surface area contributed by atoms with E-state index >= 15 is 0 Å². The molecule has 35 heavy (non-hydrogen) atoms. The number of nitrogens with zero attached hydrogens (tertiary/aromatic N) is 2. The van der Waals surface area contributed by atoms with E-state index in [0.29, 0.717) is 17.9 Å². The predicted molar refractivity (Wildman–Crippen MR) is 137 cm³/mol. The first-order valence-electron chi connectivity index (χ1n) is 10.5. The van der Waals surface area contributed by atoms with E-state index in [1.165, 1.54) is 25.5 Å². The maximum absolute atomic E-state index is 12.5. The van der Waals surface area contributed by atoms with Crippen molar-refractivity contribution in [3.05, 3.63) is 110 Å². The average Bonchev–Trinajstić information content (AvgIpc) is 2.87. The number of ether oxygens (including phenoxy) is 2. The number of benzene rings is 4. The molecule has 4 rings (SSSR count). The van der Waals surface area contributed by atoms with Gasteiger partial charge in [-0.25, -0.2) is 5.43 Å². The highest BCUT2D eigenvalue weighted by Gasteiger charge is 2.17. The van der Waals surface area contributed by atoms with Crippen molar-refractivity contribution >= 4 is 44.5 Å². The minimum absolute atomic E-state index is 0.0113. The largest absolute Gasteiger partial charge is 0.496 e. The molecule has 0 bridgehead atoms. The molecule has 1 N–H and O–H groups in total. The van der Waals surface area contributed by atoms with Crippen molar-refractivity contribution in [1.29, 1.82) is 0 Å². The first-order chi connectivity index (χ1) is 17.0. The van der Waals surface area contributed by atoms with Crippen molar-refractivity contribution in [2.45, 2.75) is 6.61 Å². The zero-order chi connectivity index (χ0) is 24.8. The molecule has 8 nitrogen and oxygen atoms in total. The van der Waals surface area contributed by atoms with E-state index in [4.69, 9.17) is 9.47 Å². The van der Waals surface area contributed by atoms with Gasteiger partial charge < -0.3 is 9.47 Å². The number of hydrazone groups is 1. The number of nitro groups is 1. The number of amides is 1. The molecule has 0 aliphatic rings. The van der Waals surface area contributed by atoms with Gasteiger partial charge in [-0.05, 0) is 62.1 Å². The van der Waals surface area contributed by atoms with Gasteiger partial charge in [-0.15, -0.1) is 0 Å². The fourth-order valence-corrected chi connectivity index (χ4v) is 4.01. The smallest absolute Gasteiger partial charge is 0.275 e. The van der Waals surface area contributed by atoms with E-state index in [2.05, 4.69) is 44.7 Å². The van der Waals surface area contributed by atoms with Gasteiger partial charge in [0.25, 0.3) is 11.6 Å². The van der Waals surface area contributed by atoms with E-state index in [9.17, 15) is 14.9 Å². The Kier molecular flexibility index (Phi) is 7.37. The lowest BCUT2D eigenvalue weighted by Gasteiger charge is -2.11. The van der Waals surface area contributed by atoms with Crippen LogP contribution in [0.5, 0.6) is 11.5 Å². The molecule has 0 atom stereocenters. The number of nitrogens with one attached hydrogen (secondary N) is 1. The summed E-state index contributed by atoms with van der Waals surface area (Å²) < 4.78 is 11.9. The molecule has 0 spiro atoms. The Morgan fingerprint density at radius 1 is 1.06 bits per heavy atom. The van der Waals surface area contributed by atoms with Gasteiger partial charge in [-0.1, -0.05) is 42.5 Å². The lowest BCUT2D eigenvalue weighted by molar-refractivity contribution is -0.384. The summed E-state index contributed by atoms with van der Waals surface area (Å²) in [5, 5.41) is 17.3. The number of rotatable bonds is 8. The standard InChI is InChI=1S/C26H20BrN3O5/c1-34-24-12-10-20(30(32)33)14-22(24)26(31)29-28-15-17-9-11-25(23(27)13-17)35-16-19-7-4-6-18-5-2-3-8-21(18)19/h2-15H,16H2,1H3,(H,29,31)/b28-15-. The van der Waals surface area contributed by atoms with Gasteiger partial charge in [0.1, 0.15) is 18.1 Å². The van der Waals surface area contributed by atoms with Crippen molar-refractivity contribution in [2.75, 3.05) is 7.11 Å². The average molecular weight is 534 g/mol. The molecule has 9 heteroatoms. The number of halogens is 1. The number of carbonyl (C=O) groups is 1. The molecular formula is C26H20BrN3O5. The van der Waals surface area contributed by atoms with Crippen molar-refractivity contribution in [2.24, 2.45) is 5.10 Å². The van der Waals surface area contributed by atoms with Gasteiger partial charge in [0.15, 0.2) is 0 Å². The fourth-order valence-electron chi connectivity index (χ4n) is 3.50. The Labute approximate surface area is 209 Å². The Hall–Kier alpha value is -4.24. The summed E-state index contributed by atoms with van der Waals surface area (Å²) in [6.45, 7) is 0.411. The summed E-state index contributed by atoms with van der Waals surface area (Å²) in [5.41, 5.74) is 3.95. The van der Waals surface area contributed by atoms with E-state index in [0.717, 1.165) is 26.9 Å². The van der Waals surface area contributed by atoms with Crippen LogP contribution in [0.25, 0.3) is 10.8 Å². The molecular weight excluding hydrogens is 514 g/mol. The lowest BCUT2D eigenvalue weighted by Crippen LogP contribution is -2.18. The van der Waals surface area contributed by atoms with Gasteiger partial charge in [0.2, 0.25) is 0 Å². The Bertz CT molecular complexity index is 1430. The summed E-state index contributed by atoms with van der Waals surface area (Å²) >= 11 is 3.51. The highest BCUT2D eigenvalue weighted by molar-refractivity contribution is 9.10. The fraction of sp³-hybridized carbons (Fsp3) is 0.0769. The van der Waals surface area contributed by atoms with Crippen LogP contribution in [0, 0.1) is 10.1 Å². The van der Waals surface area contributed by atoms with Gasteiger partial charge in [-0.2, -0.15) is 5.10 Å². The second kappa shape index (κ2) is 10.8. The van der Waals surface area contributed by atoms with Crippen LogP contribution in [0.1, 0.15) is 21.5 Å². The monoisotopic (exact) mass is 533 g/mol. The minimum atomic E-state index is -0.629. The van der Waals surface area contributed by atoms with Crippen molar-refractivity contribution in [1.82, 2.24) is 5.43 Å². The van der Waals surface area contributed by atoms with Crippen LogP contribution in [0.2, 0.25) is 0 Å². The van der Waals surface area contributed by atoms with E-state index in [1.807, 2.05) is 36.4 Å². The normalized spacial score (nSPS) is 10.9. The topological polar surface area (TPSA) is 103 Å². The highest BCUT2D eigenvalue weighted by Crippen LogP contribution is 2.28. The third kappa shape index (κ3) is 5.64. The molecule has 0 aliphatic heterocycles. The molecule has 1 amide bonds. The van der Waals surface area contributed by atoms with Crippen LogP contribution >= 0.6 is 15.9 Å². The van der Waals surface area contributed by atoms with E-state index < -0.39 is 10.8 Å². The molecule has 0 aromatic heterocycles. The minimum Gasteiger partial charge on any atom is -0.496 e. The number of fused-ring (bicyclic) bond motifs is 1. The van der Waals surface area contributed by atoms with Crippen LogP contribution in [0.15, 0.2) is 88.4 Å². The number of hydrogen-bond acceptors (Lipinski definition) is 6. The quantitative estimate of drug-likeness (QED) is 0.173. The maximum Gasteiger partial charge on any atom is 0.275 e. The van der Waals surface area contributed by atoms with Crippen LogP contribution in [-0.2, 0) is 6.61 Å². The molecule has 4 aromatic carbocycles. The second-order valence-electron chi connectivity index (χ2n) is 7.46. The van der Waals surface area contributed by atoms with Crippen LogP contribution in [0.4, 0.5) is 5.69 Å². The zero-order valence-electron chi connectivity index (χ0n) is 18.6. The summed E-state index contributed by atoms with van der Waals surface area (Å²) in [6, 6.07) is 23.4. The van der Waals surface area contributed by atoms with Gasteiger partial charge in [0, 0.05) is 12.1 Å². The summed E-state index contributed by atoms with van der Waals surface area (Å²) in [5.74, 6) is 0.245. The molecule has 0 fully saturated rings. The first kappa shape index (κ1) is 23.9. The van der Waals surface area contributed by atoms with Crippen molar-refractivity contribution in [3.8, 4) is 11.5 Å². The Morgan fingerprint density at radius 2 is 1.83 bits per heavy atom. The number of carbonyl (C=O) groups excluding carboxylic acids is 1. The lowest BCUT2D eigenvalue weighted by atomic mass is 10.1. The summed E-state index contributed by atoms with van der Waals surface area (Å²) in [7, 11) is 1.38. The van der Waals surface area contributed by atoms with Crippen molar-refractivity contribution in [3.63, 3.8) is 0 Å². The number of methoxy groups -OCH3 is 1. The Morgan fingerprint density at radius 3 is 2.60 bits per heavy atom. The summed E-state index contributed by atoms with van der Waals surface area (Å²) in [4.78, 5) is 22.9. The molecule has 4 aromatic rings. The second-order valence-corrected chi connectivity index (χ2v) is 8.31. The van der Waals surface area contributed by atoms with Crippen LogP contribution in [-0.4, -0.2) is 24.2 Å². The van der Waals surface area contributed by atoms with Gasteiger partial charge >= 0.3 is 0 Å². The number of nitro benzene ring substituents is 1. The molecule has 0 unspecified atom stereocenters. The summed E-state index contributed by atoms with van der Waals surface area (Å²) in [6.07, 6.45) is 1.46. The van der Waals surface area contributed by atoms with Gasteiger partial charge in [-0.3, -0.25) is 14.9 Å². The first-order valence-corrected chi connectivity index (χ1v) is 11.3. The third-order valence-electron chi connectivity index (χ3n) is 5.24.